The average molecular weight is 335 g/mol. The quantitative estimate of drug-likeness (QED) is 0.753. The zero-order valence-electron chi connectivity index (χ0n) is 13.4. The standard InChI is InChI=1S/C14H21N7OS/c1-11(23-14-17-16-10-19(14)2)13(22)20-6-3-4-12(8-20)9-21-7-5-15-18-21/h5,7,10-12H,3-4,6,8-9H2,1-2H3. The SMILES string of the molecule is CC(Sc1nncn1C)C(=O)N1CCCC(Cn2ccnn2)C1. The molecule has 2 atom stereocenters. The Hall–Kier alpha value is -1.90. The van der Waals surface area contributed by atoms with Gasteiger partial charge >= 0.3 is 0 Å². The molecule has 0 aromatic carbocycles. The third-order valence-corrected chi connectivity index (χ3v) is 5.18. The lowest BCUT2D eigenvalue weighted by Gasteiger charge is -2.34. The first-order valence-corrected chi connectivity index (χ1v) is 8.65. The Morgan fingerprint density at radius 3 is 3.04 bits per heavy atom. The summed E-state index contributed by atoms with van der Waals surface area (Å²) in [6, 6.07) is 0. The topological polar surface area (TPSA) is 81.7 Å². The predicted molar refractivity (Wildman–Crippen MR) is 85.6 cm³/mol. The predicted octanol–water partition coefficient (Wildman–Crippen LogP) is 0.826. The van der Waals surface area contributed by atoms with Gasteiger partial charge in [0.15, 0.2) is 5.16 Å². The molecular weight excluding hydrogens is 314 g/mol. The molecule has 1 aliphatic heterocycles. The molecule has 0 bridgehead atoms. The maximum atomic E-state index is 12.7. The highest BCUT2D eigenvalue weighted by Crippen LogP contribution is 2.25. The van der Waals surface area contributed by atoms with Crippen LogP contribution < -0.4 is 0 Å². The van der Waals surface area contributed by atoms with Crippen LogP contribution in [0.2, 0.25) is 0 Å². The highest BCUT2D eigenvalue weighted by molar-refractivity contribution is 8.00. The number of aryl methyl sites for hydroxylation is 1. The average Bonchev–Trinajstić information content (AvgIpc) is 3.19. The number of nitrogens with zero attached hydrogens (tertiary/aromatic N) is 7. The minimum Gasteiger partial charge on any atom is -0.341 e. The fourth-order valence-electron chi connectivity index (χ4n) is 2.85. The second kappa shape index (κ2) is 7.12. The number of aromatic nitrogens is 6. The number of hydrogen-bond donors (Lipinski definition) is 0. The van der Waals surface area contributed by atoms with Gasteiger partial charge in [-0.05, 0) is 25.7 Å². The number of carbonyl (C=O) groups is 1. The molecule has 8 nitrogen and oxygen atoms in total. The van der Waals surface area contributed by atoms with Gasteiger partial charge in [-0.2, -0.15) is 0 Å². The Balaban J connectivity index is 1.57. The van der Waals surface area contributed by atoms with Crippen molar-refractivity contribution in [2.24, 2.45) is 13.0 Å². The van der Waals surface area contributed by atoms with Crippen molar-refractivity contribution < 1.29 is 4.79 Å². The summed E-state index contributed by atoms with van der Waals surface area (Å²) in [7, 11) is 1.88. The molecule has 0 spiro atoms. The highest BCUT2D eigenvalue weighted by Gasteiger charge is 2.28. The van der Waals surface area contributed by atoms with Crippen molar-refractivity contribution in [3.8, 4) is 0 Å². The van der Waals surface area contributed by atoms with Gasteiger partial charge in [0.25, 0.3) is 0 Å². The molecule has 0 saturated carbocycles. The minimum atomic E-state index is -0.164. The zero-order valence-corrected chi connectivity index (χ0v) is 14.2. The number of rotatable bonds is 5. The summed E-state index contributed by atoms with van der Waals surface area (Å²) in [5.74, 6) is 0.600. The fourth-order valence-corrected chi connectivity index (χ4v) is 3.73. The van der Waals surface area contributed by atoms with Crippen molar-refractivity contribution in [2.75, 3.05) is 13.1 Å². The Kier molecular flexibility index (Phi) is 4.94. The van der Waals surface area contributed by atoms with Crippen molar-refractivity contribution >= 4 is 17.7 Å². The number of amides is 1. The molecule has 2 aromatic rings. The van der Waals surface area contributed by atoms with Gasteiger partial charge in [-0.3, -0.25) is 9.48 Å². The van der Waals surface area contributed by atoms with Gasteiger partial charge in [0.05, 0.1) is 11.4 Å². The Morgan fingerprint density at radius 1 is 1.48 bits per heavy atom. The molecule has 9 heteroatoms. The number of likely N-dealkylation sites (tertiary alicyclic amines) is 1. The van der Waals surface area contributed by atoms with Crippen LogP contribution in [-0.4, -0.2) is 58.9 Å². The second-order valence-corrected chi connectivity index (χ2v) is 7.21. The van der Waals surface area contributed by atoms with E-state index >= 15 is 0 Å². The second-order valence-electron chi connectivity index (χ2n) is 5.90. The number of thioether (sulfide) groups is 1. The largest absolute Gasteiger partial charge is 0.341 e. The van der Waals surface area contributed by atoms with E-state index in [-0.39, 0.29) is 11.2 Å². The van der Waals surface area contributed by atoms with E-state index in [4.69, 9.17) is 0 Å². The smallest absolute Gasteiger partial charge is 0.235 e. The Labute approximate surface area is 139 Å². The van der Waals surface area contributed by atoms with Crippen molar-refractivity contribution in [1.82, 2.24) is 34.7 Å². The van der Waals surface area contributed by atoms with E-state index in [0.29, 0.717) is 5.92 Å². The van der Waals surface area contributed by atoms with Crippen LogP contribution in [0.5, 0.6) is 0 Å². The molecule has 3 rings (SSSR count). The van der Waals surface area contributed by atoms with Crippen LogP contribution in [0, 0.1) is 5.92 Å². The molecule has 0 N–H and O–H groups in total. The number of piperidine rings is 1. The van der Waals surface area contributed by atoms with Crippen LogP contribution in [0.25, 0.3) is 0 Å². The normalized spacial score (nSPS) is 19.7. The lowest BCUT2D eigenvalue weighted by atomic mass is 9.98. The summed E-state index contributed by atoms with van der Waals surface area (Å²) in [5, 5.41) is 16.3. The van der Waals surface area contributed by atoms with Crippen LogP contribution in [0.4, 0.5) is 0 Å². The van der Waals surface area contributed by atoms with Crippen molar-refractivity contribution in [3.05, 3.63) is 18.7 Å². The van der Waals surface area contributed by atoms with Gasteiger partial charge in [0.2, 0.25) is 5.91 Å². The first-order chi connectivity index (χ1) is 11.1. The molecule has 0 radical (unpaired) electrons. The molecule has 23 heavy (non-hydrogen) atoms. The molecule has 1 aliphatic rings. The van der Waals surface area contributed by atoms with Gasteiger partial charge in [0.1, 0.15) is 6.33 Å². The lowest BCUT2D eigenvalue weighted by Crippen LogP contribution is -2.44. The molecule has 1 amide bonds. The fraction of sp³-hybridized carbons (Fsp3) is 0.643. The molecular formula is C14H21N7OS. The van der Waals surface area contributed by atoms with Crippen molar-refractivity contribution in [2.45, 2.75) is 36.7 Å². The molecule has 0 aliphatic carbocycles. The monoisotopic (exact) mass is 335 g/mol. The third kappa shape index (κ3) is 3.90. The van der Waals surface area contributed by atoms with Gasteiger partial charge in [0, 0.05) is 32.9 Å². The summed E-state index contributed by atoms with van der Waals surface area (Å²) in [6.45, 7) is 4.36. The summed E-state index contributed by atoms with van der Waals surface area (Å²) >= 11 is 1.46. The van der Waals surface area contributed by atoms with Crippen molar-refractivity contribution in [3.63, 3.8) is 0 Å². The van der Waals surface area contributed by atoms with Crippen LogP contribution in [0.3, 0.4) is 0 Å². The Bertz CT molecular complexity index is 641. The van der Waals surface area contributed by atoms with E-state index in [1.807, 2.05) is 34.3 Å². The van der Waals surface area contributed by atoms with E-state index < -0.39 is 0 Å². The number of hydrogen-bond acceptors (Lipinski definition) is 6. The summed E-state index contributed by atoms with van der Waals surface area (Å²) < 4.78 is 3.68. The van der Waals surface area contributed by atoms with Crippen molar-refractivity contribution in [1.29, 1.82) is 0 Å². The summed E-state index contributed by atoms with van der Waals surface area (Å²) in [6.07, 6.45) is 7.36. The highest BCUT2D eigenvalue weighted by atomic mass is 32.2. The van der Waals surface area contributed by atoms with Crippen LogP contribution >= 0.6 is 11.8 Å². The molecule has 1 saturated heterocycles. The molecule has 3 heterocycles. The molecule has 124 valence electrons. The van der Waals surface area contributed by atoms with Gasteiger partial charge < -0.3 is 9.47 Å². The minimum absolute atomic E-state index is 0.164. The van der Waals surface area contributed by atoms with Crippen LogP contribution in [-0.2, 0) is 18.4 Å². The first kappa shape index (κ1) is 16.0. The molecule has 2 aromatic heterocycles. The van der Waals surface area contributed by atoms with Gasteiger partial charge in [-0.25, -0.2) is 0 Å². The lowest BCUT2D eigenvalue weighted by molar-refractivity contribution is -0.132. The molecule has 1 fully saturated rings. The van der Waals surface area contributed by atoms with E-state index in [0.717, 1.165) is 37.6 Å². The maximum absolute atomic E-state index is 12.7. The summed E-state index contributed by atoms with van der Waals surface area (Å²) in [5.41, 5.74) is 0. The van der Waals surface area contributed by atoms with Gasteiger partial charge in [-0.1, -0.05) is 17.0 Å². The zero-order chi connectivity index (χ0) is 16.2. The van der Waals surface area contributed by atoms with E-state index in [1.54, 1.807) is 12.5 Å². The molecule has 2 unspecified atom stereocenters. The van der Waals surface area contributed by atoms with E-state index in [2.05, 4.69) is 20.5 Å². The number of carbonyl (C=O) groups excluding carboxylic acids is 1. The maximum Gasteiger partial charge on any atom is 0.235 e. The van der Waals surface area contributed by atoms with E-state index in [9.17, 15) is 4.79 Å². The van der Waals surface area contributed by atoms with Crippen LogP contribution in [0.1, 0.15) is 19.8 Å². The van der Waals surface area contributed by atoms with E-state index in [1.165, 1.54) is 11.8 Å². The summed E-state index contributed by atoms with van der Waals surface area (Å²) in [4.78, 5) is 14.7. The third-order valence-electron chi connectivity index (χ3n) is 4.05. The van der Waals surface area contributed by atoms with Crippen LogP contribution in [0.15, 0.2) is 23.9 Å². The van der Waals surface area contributed by atoms with Gasteiger partial charge in [-0.15, -0.1) is 15.3 Å². The first-order valence-electron chi connectivity index (χ1n) is 7.77. The Morgan fingerprint density at radius 2 is 2.35 bits per heavy atom.